The van der Waals surface area contributed by atoms with Crippen LogP contribution in [0, 0.1) is 23.0 Å². The minimum absolute atomic E-state index is 0. The summed E-state index contributed by atoms with van der Waals surface area (Å²) in [5.74, 6) is 0.479. The monoisotopic (exact) mass is 377 g/mol. The molecule has 0 saturated carbocycles. The van der Waals surface area contributed by atoms with Crippen LogP contribution in [0.5, 0.6) is 0 Å². The van der Waals surface area contributed by atoms with Crippen molar-refractivity contribution in [2.24, 2.45) is 5.92 Å². The molecule has 1 aliphatic heterocycles. The summed E-state index contributed by atoms with van der Waals surface area (Å²) in [4.78, 5) is 10.5. The maximum Gasteiger partial charge on any atom is 0.273 e. The largest absolute Gasteiger partial charge is 0.317 e. The van der Waals surface area contributed by atoms with Crippen LogP contribution in [0.4, 0.5) is 5.69 Å². The van der Waals surface area contributed by atoms with E-state index in [9.17, 15) is 18.5 Å². The Bertz CT molecular complexity index is 673. The van der Waals surface area contributed by atoms with E-state index in [0.29, 0.717) is 19.0 Å². The Balaban J connectivity index is 0.00000288. The third-order valence-electron chi connectivity index (χ3n) is 4.33. The van der Waals surface area contributed by atoms with Gasteiger partial charge < -0.3 is 5.32 Å². The number of sulfonamides is 1. The third kappa shape index (κ3) is 4.44. The van der Waals surface area contributed by atoms with Gasteiger partial charge in [-0.05, 0) is 44.8 Å². The molecule has 7 nitrogen and oxygen atoms in total. The van der Waals surface area contributed by atoms with E-state index in [4.69, 9.17) is 0 Å². The molecular formula is C15H24ClN3O4S. The molecule has 1 N–H and O–H groups in total. The molecule has 0 aliphatic carbocycles. The first kappa shape index (κ1) is 20.8. The van der Waals surface area contributed by atoms with Crippen LogP contribution >= 0.6 is 12.4 Å². The molecule has 1 aromatic rings. The Morgan fingerprint density at radius 3 is 2.50 bits per heavy atom. The van der Waals surface area contributed by atoms with Crippen LogP contribution in [0.3, 0.4) is 0 Å². The summed E-state index contributed by atoms with van der Waals surface area (Å²) in [6.07, 6.45) is 1.61. The number of nitrogens with zero attached hydrogens (tertiary/aromatic N) is 2. The first-order chi connectivity index (χ1) is 10.9. The van der Waals surface area contributed by atoms with Gasteiger partial charge in [-0.2, -0.15) is 4.31 Å². The first-order valence-electron chi connectivity index (χ1n) is 7.82. The molecular weight excluding hydrogens is 354 g/mol. The van der Waals surface area contributed by atoms with Crippen molar-refractivity contribution in [3.8, 4) is 0 Å². The van der Waals surface area contributed by atoms with Crippen LogP contribution in [0.2, 0.25) is 0 Å². The summed E-state index contributed by atoms with van der Waals surface area (Å²) in [5.41, 5.74) is 0.0420. The number of nitro groups is 1. The summed E-state index contributed by atoms with van der Waals surface area (Å²) < 4.78 is 27.0. The molecule has 0 atom stereocenters. The fourth-order valence-corrected chi connectivity index (χ4v) is 4.63. The summed E-state index contributed by atoms with van der Waals surface area (Å²) in [5, 5.41) is 14.3. The molecule has 0 bridgehead atoms. The van der Waals surface area contributed by atoms with E-state index < -0.39 is 14.9 Å². The smallest absolute Gasteiger partial charge is 0.273 e. The number of nitro benzene ring substituents is 1. The summed E-state index contributed by atoms with van der Waals surface area (Å²) >= 11 is 0. The third-order valence-corrected chi connectivity index (χ3v) is 6.37. The molecule has 2 rings (SSSR count). The van der Waals surface area contributed by atoms with E-state index in [-0.39, 0.29) is 28.6 Å². The Hall–Kier alpha value is -1.22. The van der Waals surface area contributed by atoms with Crippen molar-refractivity contribution in [1.29, 1.82) is 0 Å². The molecule has 0 spiro atoms. The van der Waals surface area contributed by atoms with Crippen LogP contribution in [-0.4, -0.2) is 43.8 Å². The van der Waals surface area contributed by atoms with Gasteiger partial charge in [-0.1, -0.05) is 13.0 Å². The van der Waals surface area contributed by atoms with Gasteiger partial charge in [0.05, 0.1) is 9.82 Å². The molecule has 1 fully saturated rings. The molecule has 0 radical (unpaired) electrons. The van der Waals surface area contributed by atoms with Crippen molar-refractivity contribution in [1.82, 2.24) is 9.62 Å². The van der Waals surface area contributed by atoms with Crippen LogP contribution in [0.1, 0.15) is 25.3 Å². The standard InChI is InChI=1S/C15H23N3O4S.ClH/c1-3-16-11-13-7-9-17(10-8-13)23(21,22)15-6-4-5-14(12(15)2)18(19)20;/h4-6,13,16H,3,7-11H2,1-2H3;1H. The van der Waals surface area contributed by atoms with Gasteiger partial charge in [-0.25, -0.2) is 8.42 Å². The number of hydrogen-bond acceptors (Lipinski definition) is 5. The highest BCUT2D eigenvalue weighted by Crippen LogP contribution is 2.29. The lowest BCUT2D eigenvalue weighted by Gasteiger charge is -2.31. The van der Waals surface area contributed by atoms with Gasteiger partial charge in [0.2, 0.25) is 10.0 Å². The zero-order valence-electron chi connectivity index (χ0n) is 13.9. The Morgan fingerprint density at radius 1 is 1.33 bits per heavy atom. The van der Waals surface area contributed by atoms with Gasteiger partial charge in [0, 0.05) is 24.7 Å². The topological polar surface area (TPSA) is 92.6 Å². The van der Waals surface area contributed by atoms with Crippen molar-refractivity contribution in [2.75, 3.05) is 26.2 Å². The van der Waals surface area contributed by atoms with Gasteiger partial charge in [-0.15, -0.1) is 12.4 Å². The Labute approximate surface area is 149 Å². The zero-order valence-corrected chi connectivity index (χ0v) is 15.5. The highest BCUT2D eigenvalue weighted by Gasteiger charge is 2.32. The van der Waals surface area contributed by atoms with Crippen LogP contribution in [-0.2, 0) is 10.0 Å². The van der Waals surface area contributed by atoms with Gasteiger partial charge in [0.1, 0.15) is 0 Å². The van der Waals surface area contributed by atoms with Gasteiger partial charge in [-0.3, -0.25) is 10.1 Å². The second-order valence-electron chi connectivity index (χ2n) is 5.81. The highest BCUT2D eigenvalue weighted by atomic mass is 35.5. The molecule has 0 unspecified atom stereocenters. The van der Waals surface area contributed by atoms with Gasteiger partial charge in [0.25, 0.3) is 5.69 Å². The normalized spacial score (nSPS) is 16.6. The van der Waals surface area contributed by atoms with Gasteiger partial charge in [0.15, 0.2) is 0 Å². The van der Waals surface area contributed by atoms with E-state index in [1.54, 1.807) is 0 Å². The fourth-order valence-electron chi connectivity index (χ4n) is 2.92. The number of hydrogen-bond donors (Lipinski definition) is 1. The number of rotatable bonds is 6. The maximum absolute atomic E-state index is 12.8. The highest BCUT2D eigenvalue weighted by molar-refractivity contribution is 7.89. The van der Waals surface area contributed by atoms with E-state index in [1.165, 1.54) is 29.4 Å². The number of piperidine rings is 1. The minimum Gasteiger partial charge on any atom is -0.317 e. The maximum atomic E-state index is 12.8. The average Bonchev–Trinajstić information content (AvgIpc) is 2.53. The van der Waals surface area contributed by atoms with Crippen LogP contribution in [0.25, 0.3) is 0 Å². The van der Waals surface area contributed by atoms with Crippen molar-refractivity contribution in [3.05, 3.63) is 33.9 Å². The SMILES string of the molecule is CCNCC1CCN(S(=O)(=O)c2cccc([N+](=O)[O-])c2C)CC1.Cl. The van der Waals surface area contributed by atoms with Crippen molar-refractivity contribution in [2.45, 2.75) is 31.6 Å². The second kappa shape index (κ2) is 8.75. The predicted octanol–water partition coefficient (Wildman–Crippen LogP) is 2.34. The second-order valence-corrected chi connectivity index (χ2v) is 7.72. The predicted molar refractivity (Wildman–Crippen MR) is 95.1 cm³/mol. The van der Waals surface area contributed by atoms with Crippen molar-refractivity contribution in [3.63, 3.8) is 0 Å². The molecule has 24 heavy (non-hydrogen) atoms. The number of benzene rings is 1. The molecule has 1 heterocycles. The molecule has 1 aromatic carbocycles. The number of halogens is 1. The minimum atomic E-state index is -3.68. The average molecular weight is 378 g/mol. The molecule has 0 amide bonds. The van der Waals surface area contributed by atoms with E-state index >= 15 is 0 Å². The lowest BCUT2D eigenvalue weighted by molar-refractivity contribution is -0.385. The molecule has 136 valence electrons. The fraction of sp³-hybridized carbons (Fsp3) is 0.600. The van der Waals surface area contributed by atoms with Crippen molar-refractivity contribution >= 4 is 28.1 Å². The van der Waals surface area contributed by atoms with E-state index in [1.807, 2.05) is 6.92 Å². The zero-order chi connectivity index (χ0) is 17.0. The van der Waals surface area contributed by atoms with Crippen LogP contribution in [0.15, 0.2) is 23.1 Å². The van der Waals surface area contributed by atoms with E-state index in [0.717, 1.165) is 25.9 Å². The van der Waals surface area contributed by atoms with E-state index in [2.05, 4.69) is 5.32 Å². The summed E-state index contributed by atoms with van der Waals surface area (Å²) in [7, 11) is -3.68. The Morgan fingerprint density at radius 2 is 1.96 bits per heavy atom. The van der Waals surface area contributed by atoms with Crippen molar-refractivity contribution < 1.29 is 13.3 Å². The molecule has 0 aromatic heterocycles. The molecule has 1 saturated heterocycles. The first-order valence-corrected chi connectivity index (χ1v) is 9.26. The lowest BCUT2D eigenvalue weighted by Crippen LogP contribution is -2.40. The summed E-state index contributed by atoms with van der Waals surface area (Å²) in [6.45, 7) is 6.26. The number of nitrogens with one attached hydrogen (secondary N) is 1. The summed E-state index contributed by atoms with van der Waals surface area (Å²) in [6, 6.07) is 4.20. The molecule has 1 aliphatic rings. The van der Waals surface area contributed by atoms with Gasteiger partial charge >= 0.3 is 0 Å². The van der Waals surface area contributed by atoms with Crippen LogP contribution < -0.4 is 5.32 Å². The lowest BCUT2D eigenvalue weighted by atomic mass is 9.98. The molecule has 9 heteroatoms. The quantitative estimate of drug-likeness (QED) is 0.606. The Kier molecular flexibility index (Phi) is 7.59.